The van der Waals surface area contributed by atoms with Gasteiger partial charge in [0.1, 0.15) is 6.61 Å². The summed E-state index contributed by atoms with van der Waals surface area (Å²) in [4.78, 5) is 11.1. The van der Waals surface area contributed by atoms with Crippen molar-refractivity contribution >= 4 is 16.9 Å². The topological polar surface area (TPSA) is 48.7 Å². The fraction of sp³-hybridized carbons (Fsp3) is 0.500. The van der Waals surface area contributed by atoms with Crippen LogP contribution in [0.5, 0.6) is 5.75 Å². The van der Waals surface area contributed by atoms with Gasteiger partial charge in [0, 0.05) is 23.4 Å². The Hall–Kier alpha value is -1.97. The minimum absolute atomic E-state index is 0.236. The van der Waals surface area contributed by atoms with Crippen molar-refractivity contribution in [2.45, 2.75) is 52.6 Å². The fourth-order valence-electron chi connectivity index (χ4n) is 3.74. The molecule has 1 aromatic heterocycles. The summed E-state index contributed by atoms with van der Waals surface area (Å²) in [7, 11) is 1.69. The van der Waals surface area contributed by atoms with E-state index in [1.165, 1.54) is 36.5 Å². The van der Waals surface area contributed by atoms with Crippen LogP contribution in [0.1, 0.15) is 54.9 Å². The molecule has 1 aromatic carbocycles. The molecule has 0 radical (unpaired) electrons. The molecule has 118 valence electrons. The van der Waals surface area contributed by atoms with E-state index in [4.69, 9.17) is 13.9 Å². The quantitative estimate of drug-likeness (QED) is 0.795. The number of benzene rings is 1. The van der Waals surface area contributed by atoms with Gasteiger partial charge in [0.2, 0.25) is 0 Å². The van der Waals surface area contributed by atoms with Crippen LogP contribution >= 0.6 is 0 Å². The van der Waals surface area contributed by atoms with Gasteiger partial charge in [0.05, 0.1) is 13.4 Å². The minimum Gasteiger partial charge on any atom is -0.493 e. The molecule has 0 saturated carbocycles. The zero-order valence-corrected chi connectivity index (χ0v) is 13.6. The van der Waals surface area contributed by atoms with Gasteiger partial charge >= 0.3 is 5.97 Å². The lowest BCUT2D eigenvalue weighted by atomic mass is 9.79. The van der Waals surface area contributed by atoms with E-state index in [-0.39, 0.29) is 12.6 Å². The summed E-state index contributed by atoms with van der Waals surface area (Å²) < 4.78 is 16.6. The van der Waals surface area contributed by atoms with Gasteiger partial charge in [-0.3, -0.25) is 4.79 Å². The second-order valence-electron chi connectivity index (χ2n) is 6.09. The molecule has 0 amide bonds. The van der Waals surface area contributed by atoms with Crippen molar-refractivity contribution in [3.63, 3.8) is 0 Å². The van der Waals surface area contributed by atoms with Crippen LogP contribution in [0.2, 0.25) is 0 Å². The number of aryl methyl sites for hydroxylation is 1. The number of fused-ring (bicyclic) bond motifs is 2. The smallest absolute Gasteiger partial charge is 0.302 e. The Labute approximate surface area is 130 Å². The molecular formula is C18H22O4. The molecule has 1 aliphatic carbocycles. The maximum atomic E-state index is 11.1. The number of methoxy groups -OCH3 is 1. The number of esters is 1. The monoisotopic (exact) mass is 302 g/mol. The number of ether oxygens (including phenoxy) is 2. The zero-order valence-electron chi connectivity index (χ0n) is 13.6. The molecular weight excluding hydrogens is 280 g/mol. The Kier molecular flexibility index (Phi) is 3.85. The highest BCUT2D eigenvalue weighted by Crippen LogP contribution is 2.45. The van der Waals surface area contributed by atoms with Crippen LogP contribution in [0.25, 0.3) is 11.0 Å². The highest BCUT2D eigenvalue weighted by molar-refractivity contribution is 5.92. The average molecular weight is 302 g/mol. The van der Waals surface area contributed by atoms with Crippen molar-refractivity contribution in [3.8, 4) is 5.75 Å². The van der Waals surface area contributed by atoms with Crippen molar-refractivity contribution in [1.29, 1.82) is 0 Å². The third-order valence-corrected chi connectivity index (χ3v) is 4.64. The molecule has 1 heterocycles. The van der Waals surface area contributed by atoms with Crippen molar-refractivity contribution in [1.82, 2.24) is 0 Å². The van der Waals surface area contributed by atoms with Gasteiger partial charge in [-0.05, 0) is 43.2 Å². The lowest BCUT2D eigenvalue weighted by molar-refractivity contribution is -0.142. The number of carbonyl (C=O) groups excluding carboxylic acids is 1. The molecule has 0 N–H and O–H groups in total. The van der Waals surface area contributed by atoms with Crippen molar-refractivity contribution < 1.29 is 18.7 Å². The average Bonchev–Trinajstić information content (AvgIpc) is 2.90. The van der Waals surface area contributed by atoms with Gasteiger partial charge in [-0.1, -0.05) is 6.92 Å². The van der Waals surface area contributed by atoms with Gasteiger partial charge in [-0.2, -0.15) is 0 Å². The maximum Gasteiger partial charge on any atom is 0.302 e. The molecule has 4 heteroatoms. The van der Waals surface area contributed by atoms with Gasteiger partial charge in [0.25, 0.3) is 0 Å². The van der Waals surface area contributed by atoms with Gasteiger partial charge in [0.15, 0.2) is 11.3 Å². The number of hydrogen-bond donors (Lipinski definition) is 0. The number of rotatable bonds is 3. The van der Waals surface area contributed by atoms with E-state index >= 15 is 0 Å². The second kappa shape index (κ2) is 5.67. The Morgan fingerprint density at radius 2 is 2.23 bits per heavy atom. The van der Waals surface area contributed by atoms with E-state index in [0.29, 0.717) is 5.92 Å². The van der Waals surface area contributed by atoms with Gasteiger partial charge in [-0.15, -0.1) is 0 Å². The van der Waals surface area contributed by atoms with Crippen LogP contribution in [0.15, 0.2) is 10.7 Å². The van der Waals surface area contributed by atoms with E-state index in [1.54, 1.807) is 13.4 Å². The standard InChI is InChI=1S/C18H22O4/c1-10-6-5-7-14-15(10)11(2)16-13(8-21-12(3)19)9-22-18(16)17(14)20-4/h9-10H,5-8H2,1-4H3/t10-/m0/s1. The van der Waals surface area contributed by atoms with Crippen LogP contribution in [-0.2, 0) is 22.6 Å². The third kappa shape index (κ3) is 2.27. The molecule has 1 aliphatic rings. The first kappa shape index (κ1) is 14.9. The third-order valence-electron chi connectivity index (χ3n) is 4.64. The Bertz CT molecular complexity index is 726. The lowest BCUT2D eigenvalue weighted by Crippen LogP contribution is -2.11. The summed E-state index contributed by atoms with van der Waals surface area (Å²) in [6, 6.07) is 0. The predicted octanol–water partition coefficient (Wildman–Crippen LogP) is 4.25. The van der Waals surface area contributed by atoms with Crippen LogP contribution in [0.4, 0.5) is 0 Å². The number of furan rings is 1. The van der Waals surface area contributed by atoms with Crippen LogP contribution in [-0.4, -0.2) is 13.1 Å². The Morgan fingerprint density at radius 3 is 2.91 bits per heavy atom. The molecule has 0 aliphatic heterocycles. The normalized spacial score (nSPS) is 17.4. The van der Waals surface area contributed by atoms with E-state index in [2.05, 4.69) is 13.8 Å². The SMILES string of the molecule is COc1c2c(c(C)c3c(COC(C)=O)coc13)[C@@H](C)CCC2. The largest absolute Gasteiger partial charge is 0.493 e. The molecule has 0 fully saturated rings. The van der Waals surface area contributed by atoms with Crippen LogP contribution in [0.3, 0.4) is 0 Å². The zero-order chi connectivity index (χ0) is 15.9. The number of hydrogen-bond acceptors (Lipinski definition) is 4. The Balaban J connectivity index is 2.23. The van der Waals surface area contributed by atoms with Crippen LogP contribution in [0, 0.1) is 6.92 Å². The molecule has 4 nitrogen and oxygen atoms in total. The number of carbonyl (C=O) groups is 1. The highest BCUT2D eigenvalue weighted by atomic mass is 16.5. The molecule has 1 atom stereocenters. The molecule has 2 aromatic rings. The molecule has 0 spiro atoms. The first-order valence-electron chi connectivity index (χ1n) is 7.77. The molecule has 0 unspecified atom stereocenters. The van der Waals surface area contributed by atoms with E-state index in [0.717, 1.165) is 28.7 Å². The van der Waals surface area contributed by atoms with Gasteiger partial charge in [-0.25, -0.2) is 0 Å². The highest BCUT2D eigenvalue weighted by Gasteiger charge is 2.27. The molecule has 22 heavy (non-hydrogen) atoms. The summed E-state index contributed by atoms with van der Waals surface area (Å²) in [6.45, 7) is 6.05. The van der Waals surface area contributed by atoms with E-state index in [1.807, 2.05) is 0 Å². The fourth-order valence-corrected chi connectivity index (χ4v) is 3.74. The van der Waals surface area contributed by atoms with Gasteiger partial charge < -0.3 is 13.9 Å². The Morgan fingerprint density at radius 1 is 1.45 bits per heavy atom. The first-order chi connectivity index (χ1) is 10.5. The van der Waals surface area contributed by atoms with E-state index < -0.39 is 0 Å². The summed E-state index contributed by atoms with van der Waals surface area (Å²) in [5.41, 5.74) is 5.56. The summed E-state index contributed by atoms with van der Waals surface area (Å²) >= 11 is 0. The lowest BCUT2D eigenvalue weighted by Gasteiger charge is -2.27. The van der Waals surface area contributed by atoms with Crippen molar-refractivity contribution in [3.05, 3.63) is 28.5 Å². The van der Waals surface area contributed by atoms with Crippen LogP contribution < -0.4 is 4.74 Å². The summed E-state index contributed by atoms with van der Waals surface area (Å²) in [5.74, 6) is 1.07. The first-order valence-corrected chi connectivity index (χ1v) is 7.77. The summed E-state index contributed by atoms with van der Waals surface area (Å²) in [5, 5.41) is 1.03. The molecule has 0 saturated heterocycles. The predicted molar refractivity (Wildman–Crippen MR) is 84.3 cm³/mol. The van der Waals surface area contributed by atoms with Crippen molar-refractivity contribution in [2.75, 3.05) is 7.11 Å². The van der Waals surface area contributed by atoms with E-state index in [9.17, 15) is 4.79 Å². The minimum atomic E-state index is -0.287. The van der Waals surface area contributed by atoms with Crippen molar-refractivity contribution in [2.24, 2.45) is 0 Å². The second-order valence-corrected chi connectivity index (χ2v) is 6.09. The molecule has 0 bridgehead atoms. The summed E-state index contributed by atoms with van der Waals surface area (Å²) in [6.07, 6.45) is 5.08. The molecule has 3 rings (SSSR count). The maximum absolute atomic E-state index is 11.1.